The Kier molecular flexibility index (Phi) is 3.42. The molecule has 0 spiro atoms. The first kappa shape index (κ1) is 15.5. The van der Waals surface area contributed by atoms with Gasteiger partial charge in [-0.05, 0) is 32.1 Å². The zero-order valence-electron chi connectivity index (χ0n) is 12.7. The summed E-state index contributed by atoms with van der Waals surface area (Å²) in [6.45, 7) is 3.24. The minimum absolute atomic E-state index is 0.120. The number of nitrogens with zero attached hydrogens (tertiary/aromatic N) is 2. The fourth-order valence-corrected chi connectivity index (χ4v) is 3.77. The van der Waals surface area contributed by atoms with Crippen LogP contribution in [0.4, 0.5) is 0 Å². The van der Waals surface area contributed by atoms with E-state index in [4.69, 9.17) is 11.5 Å². The van der Waals surface area contributed by atoms with Crippen LogP contribution in [0, 0.1) is 0 Å². The number of hydrogen-bond donors (Lipinski definition) is 4. The van der Waals surface area contributed by atoms with Gasteiger partial charge in [0.05, 0.1) is 21.9 Å². The van der Waals surface area contributed by atoms with Crippen molar-refractivity contribution < 1.29 is 8.42 Å². The van der Waals surface area contributed by atoms with Crippen LogP contribution in [0.2, 0.25) is 0 Å². The van der Waals surface area contributed by atoms with Crippen molar-refractivity contribution in [3.05, 3.63) is 36.2 Å². The molecule has 122 valence electrons. The molecule has 2 aromatic rings. The van der Waals surface area contributed by atoms with Crippen molar-refractivity contribution in [2.24, 2.45) is 16.5 Å². The van der Waals surface area contributed by atoms with Crippen LogP contribution in [-0.2, 0) is 15.5 Å². The van der Waals surface area contributed by atoms with Gasteiger partial charge in [-0.2, -0.15) is 5.10 Å². The molecule has 1 aliphatic heterocycles. The molecule has 1 unspecified atom stereocenters. The first-order chi connectivity index (χ1) is 10.7. The summed E-state index contributed by atoms with van der Waals surface area (Å²) >= 11 is 0. The Morgan fingerprint density at radius 1 is 1.30 bits per heavy atom. The molecular weight excluding hydrogens is 316 g/mol. The molecule has 23 heavy (non-hydrogen) atoms. The van der Waals surface area contributed by atoms with Crippen LogP contribution >= 0.6 is 0 Å². The van der Waals surface area contributed by atoms with Gasteiger partial charge in [-0.15, -0.1) is 0 Å². The Labute approximate surface area is 133 Å². The highest BCUT2D eigenvalue weighted by molar-refractivity contribution is 7.92. The van der Waals surface area contributed by atoms with Crippen LogP contribution in [0.1, 0.15) is 19.4 Å². The maximum absolute atomic E-state index is 12.8. The molecule has 8 nitrogen and oxygen atoms in total. The van der Waals surface area contributed by atoms with Crippen molar-refractivity contribution in [2.45, 2.75) is 29.7 Å². The third kappa shape index (κ3) is 2.47. The summed E-state index contributed by atoms with van der Waals surface area (Å²) in [6.07, 6.45) is 4.73. The van der Waals surface area contributed by atoms with Gasteiger partial charge in [0.25, 0.3) is 0 Å². The normalized spacial score (nSPS) is 21.5. The molecule has 0 saturated carbocycles. The fraction of sp³-hybridized carbons (Fsp3) is 0.286. The molecule has 0 saturated heterocycles. The summed E-state index contributed by atoms with van der Waals surface area (Å²) in [5, 5.41) is 9.58. The van der Waals surface area contributed by atoms with Crippen LogP contribution in [0.15, 0.2) is 40.5 Å². The first-order valence-electron chi connectivity index (χ1n) is 7.04. The summed E-state index contributed by atoms with van der Waals surface area (Å²) in [7, 11) is -3.57. The summed E-state index contributed by atoms with van der Waals surface area (Å²) in [4.78, 5) is 4.31. The molecule has 0 radical (unpaired) electrons. The quantitative estimate of drug-likeness (QED) is 0.636. The number of H-pyrrole nitrogens is 1. The molecule has 1 aromatic heterocycles. The number of fused-ring (bicyclic) bond motifs is 1. The lowest BCUT2D eigenvalue weighted by Crippen LogP contribution is -2.43. The van der Waals surface area contributed by atoms with E-state index in [1.54, 1.807) is 44.5 Å². The minimum atomic E-state index is -3.57. The number of rotatable bonds is 3. The van der Waals surface area contributed by atoms with E-state index in [0.717, 1.165) is 5.39 Å². The topological polar surface area (TPSA) is 139 Å². The maximum atomic E-state index is 12.8. The van der Waals surface area contributed by atoms with Gasteiger partial charge in [0.2, 0.25) is 0 Å². The van der Waals surface area contributed by atoms with Gasteiger partial charge >= 0.3 is 0 Å². The molecule has 3 rings (SSSR count). The molecule has 0 bridgehead atoms. The maximum Gasteiger partial charge on any atom is 0.195 e. The van der Waals surface area contributed by atoms with Crippen molar-refractivity contribution in [1.29, 1.82) is 0 Å². The summed E-state index contributed by atoms with van der Waals surface area (Å²) in [6, 6.07) is 3.23. The smallest absolute Gasteiger partial charge is 0.195 e. The number of sulfone groups is 1. The highest BCUT2D eigenvalue weighted by atomic mass is 32.2. The van der Waals surface area contributed by atoms with Crippen molar-refractivity contribution >= 4 is 26.7 Å². The average molecular weight is 334 g/mol. The van der Waals surface area contributed by atoms with Crippen molar-refractivity contribution in [3.8, 4) is 0 Å². The van der Waals surface area contributed by atoms with Crippen LogP contribution in [0.3, 0.4) is 0 Å². The molecule has 9 heteroatoms. The molecule has 6 N–H and O–H groups in total. The second kappa shape index (κ2) is 5.07. The molecule has 2 heterocycles. The molecule has 0 aliphatic carbocycles. The first-order valence-corrected chi connectivity index (χ1v) is 8.58. The number of nitrogens with two attached hydrogens (primary N) is 2. The zero-order valence-corrected chi connectivity index (χ0v) is 13.6. The lowest BCUT2D eigenvalue weighted by atomic mass is 9.98. The minimum Gasteiger partial charge on any atom is -0.370 e. The molecule has 1 aliphatic rings. The van der Waals surface area contributed by atoms with E-state index in [1.807, 2.05) is 0 Å². The lowest BCUT2D eigenvalue weighted by Gasteiger charge is -2.28. The van der Waals surface area contributed by atoms with E-state index >= 15 is 0 Å². The van der Waals surface area contributed by atoms with Gasteiger partial charge in [-0.3, -0.25) is 10.8 Å². The van der Waals surface area contributed by atoms with Crippen molar-refractivity contribution in [3.63, 3.8) is 0 Å². The number of guanidine groups is 1. The Morgan fingerprint density at radius 2 is 2.04 bits per heavy atom. The van der Waals surface area contributed by atoms with Gasteiger partial charge in [0.15, 0.2) is 21.5 Å². The zero-order chi connectivity index (χ0) is 16.8. The summed E-state index contributed by atoms with van der Waals surface area (Å²) in [5.41, 5.74) is 11.7. The van der Waals surface area contributed by atoms with Gasteiger partial charge in [0, 0.05) is 17.1 Å². The van der Waals surface area contributed by atoms with E-state index in [-0.39, 0.29) is 10.9 Å². The number of nitrogens with one attached hydrogen (secondary N) is 2. The van der Waals surface area contributed by atoms with E-state index in [2.05, 4.69) is 20.5 Å². The van der Waals surface area contributed by atoms with Crippen LogP contribution in [0.5, 0.6) is 0 Å². The molecule has 0 fully saturated rings. The molecular formula is C14H18N6O2S. The van der Waals surface area contributed by atoms with E-state index in [9.17, 15) is 8.42 Å². The largest absolute Gasteiger partial charge is 0.370 e. The number of aromatic amines is 1. The fourth-order valence-electron chi connectivity index (χ4n) is 2.45. The van der Waals surface area contributed by atoms with Gasteiger partial charge < -0.3 is 11.1 Å². The van der Waals surface area contributed by atoms with Crippen LogP contribution < -0.4 is 16.8 Å². The Balaban J connectivity index is 2.35. The van der Waals surface area contributed by atoms with Crippen LogP contribution in [0.25, 0.3) is 10.9 Å². The Hall–Kier alpha value is -2.39. The third-order valence-electron chi connectivity index (χ3n) is 3.77. The third-order valence-corrected chi connectivity index (χ3v) is 5.97. The van der Waals surface area contributed by atoms with E-state index in [1.165, 1.54) is 0 Å². The second-order valence-electron chi connectivity index (χ2n) is 5.70. The molecule has 1 aromatic carbocycles. The Bertz CT molecular complexity index is 928. The number of aliphatic imine (C=N–C) groups is 1. The van der Waals surface area contributed by atoms with Crippen molar-refractivity contribution in [2.75, 3.05) is 0 Å². The van der Waals surface area contributed by atoms with Crippen molar-refractivity contribution in [1.82, 2.24) is 15.5 Å². The number of benzene rings is 1. The van der Waals surface area contributed by atoms with Crippen LogP contribution in [-0.4, -0.2) is 29.8 Å². The summed E-state index contributed by atoms with van der Waals surface area (Å²) in [5.74, 6) is 0.121. The molecule has 1 atom stereocenters. The molecule has 0 amide bonds. The van der Waals surface area contributed by atoms with Gasteiger partial charge in [-0.25, -0.2) is 13.4 Å². The predicted octanol–water partition coefficient (Wildman–Crippen LogP) is 0.288. The predicted molar refractivity (Wildman–Crippen MR) is 88.2 cm³/mol. The number of aromatic nitrogens is 2. The van der Waals surface area contributed by atoms with E-state index in [0.29, 0.717) is 11.1 Å². The van der Waals surface area contributed by atoms with Gasteiger partial charge in [-0.1, -0.05) is 0 Å². The highest BCUT2D eigenvalue weighted by Gasteiger charge is 2.34. The highest BCUT2D eigenvalue weighted by Crippen LogP contribution is 2.34. The standard InChI is InChI=1S/C14H18N6O2S/c1-8(2)23(21,22)12-6-11-9(7-18-20-11)5-10(12)14(16)3-4-17-13(15)19-14/h3-8H,16H2,1-2H3,(H,18,20)(H3,15,17,19). The monoisotopic (exact) mass is 334 g/mol. The van der Waals surface area contributed by atoms with Gasteiger partial charge in [0.1, 0.15) is 0 Å². The summed E-state index contributed by atoms with van der Waals surface area (Å²) < 4.78 is 25.6. The number of hydrogen-bond acceptors (Lipinski definition) is 7. The van der Waals surface area contributed by atoms with E-state index < -0.39 is 20.8 Å². The average Bonchev–Trinajstić information content (AvgIpc) is 2.92. The lowest BCUT2D eigenvalue weighted by molar-refractivity contribution is 0.554. The Morgan fingerprint density at radius 3 is 2.70 bits per heavy atom. The second-order valence-corrected chi connectivity index (χ2v) is 8.17. The SMILES string of the molecule is CC(C)S(=O)(=O)c1cc2[nH]ncc2cc1C1(N)C=CNC(N)=N1.